The van der Waals surface area contributed by atoms with E-state index in [4.69, 9.17) is 9.26 Å². The van der Waals surface area contributed by atoms with E-state index in [9.17, 15) is 9.59 Å². The third-order valence-corrected chi connectivity index (χ3v) is 3.44. The largest absolute Gasteiger partial charge is 0.449 e. The van der Waals surface area contributed by atoms with E-state index in [0.717, 1.165) is 5.56 Å². The highest BCUT2D eigenvalue weighted by Gasteiger charge is 2.25. The van der Waals surface area contributed by atoms with Crippen molar-refractivity contribution in [1.82, 2.24) is 5.16 Å². The van der Waals surface area contributed by atoms with Gasteiger partial charge in [0.05, 0.1) is 5.69 Å². The predicted molar refractivity (Wildman–Crippen MR) is 85.3 cm³/mol. The number of nitrogens with zero attached hydrogens (tertiary/aromatic N) is 1. The first-order valence-electron chi connectivity index (χ1n) is 7.46. The van der Waals surface area contributed by atoms with Gasteiger partial charge in [0.1, 0.15) is 11.3 Å². The van der Waals surface area contributed by atoms with Crippen molar-refractivity contribution in [2.24, 2.45) is 0 Å². The summed E-state index contributed by atoms with van der Waals surface area (Å²) in [4.78, 5) is 24.3. The van der Waals surface area contributed by atoms with Gasteiger partial charge in [-0.25, -0.2) is 4.79 Å². The molecule has 122 valence electrons. The van der Waals surface area contributed by atoms with Gasteiger partial charge in [-0.15, -0.1) is 0 Å². The maximum Gasteiger partial charge on any atom is 0.344 e. The predicted octanol–water partition coefficient (Wildman–Crippen LogP) is 3.04. The van der Waals surface area contributed by atoms with Crippen LogP contribution in [0, 0.1) is 13.8 Å². The molecule has 2 rings (SSSR count). The monoisotopic (exact) mass is 316 g/mol. The number of carbonyl (C=O) groups is 2. The van der Waals surface area contributed by atoms with Crippen LogP contribution in [0.25, 0.3) is 0 Å². The molecule has 0 bridgehead atoms. The second-order valence-corrected chi connectivity index (χ2v) is 5.32. The molecule has 0 saturated carbocycles. The zero-order valence-corrected chi connectivity index (χ0v) is 13.7. The van der Waals surface area contributed by atoms with Crippen LogP contribution in [0.1, 0.15) is 41.2 Å². The summed E-state index contributed by atoms with van der Waals surface area (Å²) in [5.41, 5.74) is 2.57. The summed E-state index contributed by atoms with van der Waals surface area (Å²) < 4.78 is 10.2. The second-order valence-electron chi connectivity index (χ2n) is 5.32. The molecule has 0 radical (unpaired) electrons. The van der Waals surface area contributed by atoms with E-state index in [2.05, 4.69) is 10.5 Å². The van der Waals surface area contributed by atoms with E-state index >= 15 is 0 Å². The number of hydrogen-bond donors (Lipinski definition) is 1. The molecule has 1 atom stereocenters. The van der Waals surface area contributed by atoms with Crippen molar-refractivity contribution in [3.8, 4) is 0 Å². The molecular formula is C17H20N2O4. The number of hydrogen-bond acceptors (Lipinski definition) is 5. The molecule has 0 unspecified atom stereocenters. The molecule has 2 aromatic rings. The molecule has 0 spiro atoms. The van der Waals surface area contributed by atoms with Crippen LogP contribution in [-0.2, 0) is 16.0 Å². The van der Waals surface area contributed by atoms with Gasteiger partial charge in [-0.2, -0.15) is 0 Å². The molecule has 0 aliphatic carbocycles. The SMILES string of the molecule is CCc1noc(C)c1C(=O)O[C@H](C)C(=O)Nc1ccc(C)cc1. The number of aryl methyl sites for hydroxylation is 3. The Morgan fingerprint density at radius 1 is 1.26 bits per heavy atom. The van der Waals surface area contributed by atoms with E-state index in [1.165, 1.54) is 6.92 Å². The second kappa shape index (κ2) is 7.09. The summed E-state index contributed by atoms with van der Waals surface area (Å²) in [5, 5.41) is 6.51. The summed E-state index contributed by atoms with van der Waals surface area (Å²) in [7, 11) is 0. The fourth-order valence-corrected chi connectivity index (χ4v) is 2.07. The van der Waals surface area contributed by atoms with E-state index in [1.54, 1.807) is 19.1 Å². The zero-order chi connectivity index (χ0) is 17.0. The molecule has 0 aliphatic rings. The highest BCUT2D eigenvalue weighted by Crippen LogP contribution is 2.16. The van der Waals surface area contributed by atoms with Crippen LogP contribution in [-0.4, -0.2) is 23.1 Å². The van der Waals surface area contributed by atoms with Gasteiger partial charge in [0, 0.05) is 5.69 Å². The van der Waals surface area contributed by atoms with Crippen molar-refractivity contribution in [3.05, 3.63) is 46.8 Å². The molecule has 1 aromatic carbocycles. The summed E-state index contributed by atoms with van der Waals surface area (Å²) >= 11 is 0. The number of esters is 1. The lowest BCUT2D eigenvalue weighted by atomic mass is 10.1. The van der Waals surface area contributed by atoms with Gasteiger partial charge in [-0.3, -0.25) is 4.79 Å². The molecular weight excluding hydrogens is 296 g/mol. The Morgan fingerprint density at radius 3 is 2.52 bits per heavy atom. The molecule has 0 fully saturated rings. The van der Waals surface area contributed by atoms with Crippen molar-refractivity contribution in [2.45, 2.75) is 40.2 Å². The fourth-order valence-electron chi connectivity index (χ4n) is 2.07. The third kappa shape index (κ3) is 3.97. The number of rotatable bonds is 5. The van der Waals surface area contributed by atoms with Crippen LogP contribution < -0.4 is 5.32 Å². The average Bonchev–Trinajstić information content (AvgIpc) is 2.90. The van der Waals surface area contributed by atoms with Crippen molar-refractivity contribution < 1.29 is 18.8 Å². The molecule has 6 heteroatoms. The van der Waals surface area contributed by atoms with E-state index in [-0.39, 0.29) is 0 Å². The molecule has 1 aromatic heterocycles. The number of carbonyl (C=O) groups excluding carboxylic acids is 2. The Morgan fingerprint density at radius 2 is 1.91 bits per heavy atom. The number of aromatic nitrogens is 1. The Labute approximate surface area is 134 Å². The van der Waals surface area contributed by atoms with Gasteiger partial charge >= 0.3 is 5.97 Å². The van der Waals surface area contributed by atoms with Gasteiger partial charge in [0.25, 0.3) is 5.91 Å². The molecule has 6 nitrogen and oxygen atoms in total. The average molecular weight is 316 g/mol. The highest BCUT2D eigenvalue weighted by atomic mass is 16.5. The van der Waals surface area contributed by atoms with Gasteiger partial charge in [0.15, 0.2) is 6.10 Å². The number of anilines is 1. The first-order chi connectivity index (χ1) is 10.9. The van der Waals surface area contributed by atoms with Crippen LogP contribution in [0.5, 0.6) is 0 Å². The number of ether oxygens (including phenoxy) is 1. The Bertz CT molecular complexity index is 704. The molecule has 0 saturated heterocycles. The van der Waals surface area contributed by atoms with Crippen LogP contribution >= 0.6 is 0 Å². The number of benzene rings is 1. The summed E-state index contributed by atoms with van der Waals surface area (Å²) in [6, 6.07) is 7.36. The first-order valence-corrected chi connectivity index (χ1v) is 7.46. The minimum absolute atomic E-state index is 0.294. The lowest BCUT2D eigenvalue weighted by Gasteiger charge is -2.13. The van der Waals surface area contributed by atoms with Crippen molar-refractivity contribution in [1.29, 1.82) is 0 Å². The maximum absolute atomic E-state index is 12.2. The summed E-state index contributed by atoms with van der Waals surface area (Å²) in [6.07, 6.45) is -0.381. The van der Waals surface area contributed by atoms with Gasteiger partial charge in [-0.05, 0) is 39.3 Å². The molecule has 1 heterocycles. The molecule has 1 N–H and O–H groups in total. The summed E-state index contributed by atoms with van der Waals surface area (Å²) in [5.74, 6) is -0.612. The molecule has 1 amide bonds. The van der Waals surface area contributed by atoms with Crippen LogP contribution in [0.4, 0.5) is 5.69 Å². The van der Waals surface area contributed by atoms with Crippen LogP contribution in [0.15, 0.2) is 28.8 Å². The third-order valence-electron chi connectivity index (χ3n) is 3.44. The van der Waals surface area contributed by atoms with Crippen molar-refractivity contribution in [2.75, 3.05) is 5.32 Å². The number of nitrogens with one attached hydrogen (secondary N) is 1. The van der Waals surface area contributed by atoms with Gasteiger partial charge in [-0.1, -0.05) is 29.8 Å². The van der Waals surface area contributed by atoms with E-state index in [1.807, 2.05) is 26.0 Å². The lowest BCUT2D eigenvalue weighted by molar-refractivity contribution is -0.123. The van der Waals surface area contributed by atoms with Crippen molar-refractivity contribution in [3.63, 3.8) is 0 Å². The van der Waals surface area contributed by atoms with Crippen LogP contribution in [0.3, 0.4) is 0 Å². The normalized spacial score (nSPS) is 11.8. The van der Waals surface area contributed by atoms with Gasteiger partial charge < -0.3 is 14.6 Å². The lowest BCUT2D eigenvalue weighted by Crippen LogP contribution is -2.30. The molecule has 23 heavy (non-hydrogen) atoms. The maximum atomic E-state index is 12.2. The Hall–Kier alpha value is -2.63. The summed E-state index contributed by atoms with van der Waals surface area (Å²) in [6.45, 7) is 6.99. The van der Waals surface area contributed by atoms with E-state index in [0.29, 0.717) is 29.1 Å². The highest BCUT2D eigenvalue weighted by molar-refractivity contribution is 5.98. The number of amides is 1. The van der Waals surface area contributed by atoms with Crippen LogP contribution in [0.2, 0.25) is 0 Å². The van der Waals surface area contributed by atoms with Gasteiger partial charge in [0.2, 0.25) is 0 Å². The zero-order valence-electron chi connectivity index (χ0n) is 13.7. The molecule has 0 aliphatic heterocycles. The minimum Gasteiger partial charge on any atom is -0.449 e. The quantitative estimate of drug-likeness (QED) is 0.857. The Balaban J connectivity index is 2.01. The minimum atomic E-state index is -0.928. The van der Waals surface area contributed by atoms with E-state index < -0.39 is 18.0 Å². The first kappa shape index (κ1) is 16.7. The standard InChI is InChI=1S/C17H20N2O4/c1-5-14-15(11(3)23-19-14)17(21)22-12(4)16(20)18-13-8-6-10(2)7-9-13/h6-9,12H,5H2,1-4H3,(H,18,20)/t12-/m1/s1. The topological polar surface area (TPSA) is 81.4 Å². The Kier molecular flexibility index (Phi) is 5.16. The smallest absolute Gasteiger partial charge is 0.344 e. The van der Waals surface area contributed by atoms with Crippen molar-refractivity contribution >= 4 is 17.6 Å². The fraction of sp³-hybridized carbons (Fsp3) is 0.353.